The Morgan fingerprint density at radius 3 is 2.46 bits per heavy atom. The van der Waals surface area contributed by atoms with Crippen molar-refractivity contribution in [2.45, 2.75) is 65.6 Å². The molecule has 0 saturated carbocycles. The van der Waals surface area contributed by atoms with Crippen LogP contribution < -0.4 is 10.6 Å². The van der Waals surface area contributed by atoms with E-state index in [1.807, 2.05) is 0 Å². The molecule has 0 unspecified atom stereocenters. The first kappa shape index (κ1) is 25.5. The Hall–Kier alpha value is -0.510. The summed E-state index contributed by atoms with van der Waals surface area (Å²) in [6, 6.07) is 0. The zero-order chi connectivity index (χ0) is 18.7. The molecule has 0 aliphatic heterocycles. The number of hydrogen-bond acceptors (Lipinski definition) is 4. The topological polar surface area (TPSA) is 67.1 Å². The number of rotatable bonds is 11. The lowest BCUT2D eigenvalue weighted by molar-refractivity contribution is 0.477. The summed E-state index contributed by atoms with van der Waals surface area (Å²) in [6.45, 7) is 14.6. The summed E-state index contributed by atoms with van der Waals surface area (Å²) in [5.41, 5.74) is 0. The van der Waals surface area contributed by atoms with Gasteiger partial charge in [0.15, 0.2) is 11.1 Å². The molecule has 1 rings (SSSR count). The largest absolute Gasteiger partial charge is 0.357 e. The number of guanidine groups is 1. The SMILES string of the molecule is CCNC(=NCCCc1nnc(SC)n1CC(C)C)NCCC(C)C.I. The van der Waals surface area contributed by atoms with Gasteiger partial charge in [0.1, 0.15) is 5.82 Å². The van der Waals surface area contributed by atoms with E-state index in [1.54, 1.807) is 11.8 Å². The standard InChI is InChI=1S/C18H36N6S.HI/c1-7-19-17(21-12-10-14(2)3)20-11-8-9-16-22-23-18(25-6)24(16)13-15(4)5;/h14-15H,7-13H2,1-6H3,(H2,19,20,21);1H. The van der Waals surface area contributed by atoms with Gasteiger partial charge >= 0.3 is 0 Å². The number of hydrogen-bond donors (Lipinski definition) is 2. The molecule has 1 aromatic heterocycles. The summed E-state index contributed by atoms with van der Waals surface area (Å²) < 4.78 is 2.26. The minimum absolute atomic E-state index is 0. The van der Waals surface area contributed by atoms with Gasteiger partial charge in [-0.3, -0.25) is 4.99 Å². The molecule has 6 nitrogen and oxygen atoms in total. The van der Waals surface area contributed by atoms with E-state index in [0.717, 1.165) is 62.4 Å². The predicted octanol–water partition coefficient (Wildman–Crippen LogP) is 3.81. The summed E-state index contributed by atoms with van der Waals surface area (Å²) in [7, 11) is 0. The molecule has 2 N–H and O–H groups in total. The molecule has 8 heteroatoms. The summed E-state index contributed by atoms with van der Waals surface area (Å²) >= 11 is 1.66. The Kier molecular flexibility index (Phi) is 14.3. The number of halogens is 1. The molecule has 0 saturated heterocycles. The Labute approximate surface area is 180 Å². The second-order valence-electron chi connectivity index (χ2n) is 7.08. The second-order valence-corrected chi connectivity index (χ2v) is 7.85. The van der Waals surface area contributed by atoms with Crippen molar-refractivity contribution >= 4 is 41.7 Å². The van der Waals surface area contributed by atoms with Crippen LogP contribution in [0.2, 0.25) is 0 Å². The van der Waals surface area contributed by atoms with Crippen LogP contribution in [0.3, 0.4) is 0 Å². The molecule has 0 spiro atoms. The van der Waals surface area contributed by atoms with Crippen LogP contribution in [0.15, 0.2) is 10.1 Å². The monoisotopic (exact) mass is 496 g/mol. The highest BCUT2D eigenvalue weighted by Crippen LogP contribution is 2.16. The lowest BCUT2D eigenvalue weighted by atomic mass is 10.1. The van der Waals surface area contributed by atoms with Gasteiger partial charge in [-0.2, -0.15) is 0 Å². The van der Waals surface area contributed by atoms with Crippen LogP contribution in [0, 0.1) is 11.8 Å². The van der Waals surface area contributed by atoms with Gasteiger partial charge < -0.3 is 15.2 Å². The van der Waals surface area contributed by atoms with Crippen molar-refractivity contribution in [1.29, 1.82) is 0 Å². The average molecular weight is 497 g/mol. The maximum absolute atomic E-state index is 4.67. The maximum atomic E-state index is 4.67. The molecule has 0 fully saturated rings. The molecule has 0 amide bonds. The first-order valence-electron chi connectivity index (χ1n) is 9.46. The van der Waals surface area contributed by atoms with Crippen molar-refractivity contribution < 1.29 is 0 Å². The van der Waals surface area contributed by atoms with E-state index in [0.29, 0.717) is 11.8 Å². The van der Waals surface area contributed by atoms with E-state index >= 15 is 0 Å². The minimum Gasteiger partial charge on any atom is -0.357 e. The van der Waals surface area contributed by atoms with Crippen LogP contribution in [-0.2, 0) is 13.0 Å². The minimum atomic E-state index is 0. The van der Waals surface area contributed by atoms with Crippen molar-refractivity contribution in [3.63, 3.8) is 0 Å². The lowest BCUT2D eigenvalue weighted by Crippen LogP contribution is -2.38. The van der Waals surface area contributed by atoms with Crippen molar-refractivity contribution in [1.82, 2.24) is 25.4 Å². The molecule has 26 heavy (non-hydrogen) atoms. The number of nitrogens with zero attached hydrogens (tertiary/aromatic N) is 4. The van der Waals surface area contributed by atoms with Gasteiger partial charge in [-0.15, -0.1) is 34.2 Å². The van der Waals surface area contributed by atoms with Crippen molar-refractivity contribution in [2.75, 3.05) is 25.9 Å². The van der Waals surface area contributed by atoms with Gasteiger partial charge in [0.25, 0.3) is 0 Å². The zero-order valence-electron chi connectivity index (χ0n) is 17.2. The summed E-state index contributed by atoms with van der Waals surface area (Å²) in [5, 5.41) is 16.4. The quantitative estimate of drug-likeness (QED) is 0.160. The molecule has 1 heterocycles. The van der Waals surface area contributed by atoms with E-state index < -0.39 is 0 Å². The fourth-order valence-electron chi connectivity index (χ4n) is 2.45. The first-order valence-corrected chi connectivity index (χ1v) is 10.7. The Morgan fingerprint density at radius 2 is 1.88 bits per heavy atom. The summed E-state index contributed by atoms with van der Waals surface area (Å²) in [4.78, 5) is 4.67. The normalized spacial score (nSPS) is 11.8. The summed E-state index contributed by atoms with van der Waals surface area (Å²) in [5.74, 6) is 3.28. The Morgan fingerprint density at radius 1 is 1.15 bits per heavy atom. The Bertz CT molecular complexity index is 516. The fourth-order valence-corrected chi connectivity index (χ4v) is 2.98. The fraction of sp³-hybridized carbons (Fsp3) is 0.833. The number of aromatic nitrogens is 3. The van der Waals surface area contributed by atoms with Crippen molar-refractivity contribution in [3.05, 3.63) is 5.82 Å². The number of thioether (sulfide) groups is 1. The molecule has 0 bridgehead atoms. The molecule has 0 radical (unpaired) electrons. The highest BCUT2D eigenvalue weighted by atomic mass is 127. The number of aryl methyl sites for hydroxylation is 1. The van der Waals surface area contributed by atoms with Crippen LogP contribution in [0.5, 0.6) is 0 Å². The van der Waals surface area contributed by atoms with Crippen LogP contribution in [-0.4, -0.2) is 46.6 Å². The molecule has 0 aliphatic rings. The van der Waals surface area contributed by atoms with Crippen molar-refractivity contribution in [2.24, 2.45) is 16.8 Å². The highest BCUT2D eigenvalue weighted by molar-refractivity contribution is 14.0. The number of nitrogens with one attached hydrogen (secondary N) is 2. The lowest BCUT2D eigenvalue weighted by Gasteiger charge is -2.13. The molecule has 0 atom stereocenters. The highest BCUT2D eigenvalue weighted by Gasteiger charge is 2.12. The van der Waals surface area contributed by atoms with Gasteiger partial charge in [-0.1, -0.05) is 39.5 Å². The zero-order valence-corrected chi connectivity index (χ0v) is 20.4. The van der Waals surface area contributed by atoms with Crippen LogP contribution in [0.25, 0.3) is 0 Å². The molecule has 0 aliphatic carbocycles. The third kappa shape index (κ3) is 9.99. The number of aliphatic imine (C=N–C) groups is 1. The molecular weight excluding hydrogens is 459 g/mol. The van der Waals surface area contributed by atoms with Gasteiger partial charge in [0.05, 0.1) is 0 Å². The van der Waals surface area contributed by atoms with E-state index in [2.05, 4.69) is 71.3 Å². The van der Waals surface area contributed by atoms with Crippen LogP contribution in [0.1, 0.15) is 53.3 Å². The van der Waals surface area contributed by atoms with Crippen LogP contribution >= 0.6 is 35.7 Å². The van der Waals surface area contributed by atoms with Gasteiger partial charge in [0.2, 0.25) is 0 Å². The van der Waals surface area contributed by atoms with E-state index in [1.165, 1.54) is 0 Å². The third-order valence-corrected chi connectivity index (χ3v) is 4.38. The van der Waals surface area contributed by atoms with Gasteiger partial charge in [0, 0.05) is 32.6 Å². The van der Waals surface area contributed by atoms with Gasteiger partial charge in [-0.05, 0) is 37.9 Å². The van der Waals surface area contributed by atoms with E-state index in [-0.39, 0.29) is 24.0 Å². The third-order valence-electron chi connectivity index (χ3n) is 3.71. The predicted molar refractivity (Wildman–Crippen MR) is 124 cm³/mol. The summed E-state index contributed by atoms with van der Waals surface area (Å²) in [6.07, 6.45) is 5.10. The molecule has 152 valence electrons. The van der Waals surface area contributed by atoms with E-state index in [4.69, 9.17) is 0 Å². The maximum Gasteiger partial charge on any atom is 0.191 e. The van der Waals surface area contributed by atoms with E-state index in [9.17, 15) is 0 Å². The van der Waals surface area contributed by atoms with Crippen molar-refractivity contribution in [3.8, 4) is 0 Å². The molecule has 1 aromatic rings. The van der Waals surface area contributed by atoms with Crippen LogP contribution in [0.4, 0.5) is 0 Å². The molecule has 0 aromatic carbocycles. The molecular formula is C18H37IN6S. The first-order chi connectivity index (χ1) is 12.0. The average Bonchev–Trinajstić information content (AvgIpc) is 2.92. The van der Waals surface area contributed by atoms with Gasteiger partial charge in [-0.25, -0.2) is 0 Å². The Balaban J connectivity index is 0.00000625. The second kappa shape index (κ2) is 14.5. The smallest absolute Gasteiger partial charge is 0.191 e.